The monoisotopic (exact) mass is 301 g/mol. The van der Waals surface area contributed by atoms with Crippen LogP contribution < -0.4 is 10.6 Å². The topological polar surface area (TPSA) is 44.4 Å². The van der Waals surface area contributed by atoms with Crippen LogP contribution in [0.2, 0.25) is 0 Å². The molecule has 0 saturated carbocycles. The van der Waals surface area contributed by atoms with Crippen molar-refractivity contribution in [3.63, 3.8) is 0 Å². The van der Waals surface area contributed by atoms with Crippen LogP contribution >= 0.6 is 0 Å². The molecule has 21 heavy (non-hydrogen) atoms. The lowest BCUT2D eigenvalue weighted by atomic mass is 10.1. The van der Waals surface area contributed by atoms with Crippen LogP contribution in [0.5, 0.6) is 0 Å². The molecule has 2 rings (SSSR count). The Labute approximate surface area is 121 Å². The zero-order valence-corrected chi connectivity index (χ0v) is 11.8. The van der Waals surface area contributed by atoms with Crippen LogP contribution in [0.1, 0.15) is 12.8 Å². The fourth-order valence-electron chi connectivity index (χ4n) is 2.21. The van der Waals surface area contributed by atoms with Gasteiger partial charge in [-0.15, -0.1) is 0 Å². The minimum absolute atomic E-state index is 0.0146. The summed E-state index contributed by atoms with van der Waals surface area (Å²) >= 11 is 0. The van der Waals surface area contributed by atoms with Gasteiger partial charge < -0.3 is 10.6 Å². The van der Waals surface area contributed by atoms with Gasteiger partial charge in [-0.25, -0.2) is 13.2 Å². The van der Waals surface area contributed by atoms with E-state index in [1.54, 1.807) is 18.0 Å². The number of nitrogens with one attached hydrogen (secondary N) is 2. The molecule has 2 N–H and O–H groups in total. The maximum Gasteiger partial charge on any atom is 0.250 e. The van der Waals surface area contributed by atoms with E-state index in [1.165, 1.54) is 12.1 Å². The highest BCUT2D eigenvalue weighted by atomic mass is 19.3. The molecule has 1 fully saturated rings. The standard InChI is InChI=1S/C14H18F3N3O/c1-18-10-2-3-11(15)12(8-10)19-13(21)9-20-6-4-14(16,17)5-7-20/h2-3,8,18H,4-7,9H2,1H3,(H,19,21). The first-order valence-electron chi connectivity index (χ1n) is 6.77. The summed E-state index contributed by atoms with van der Waals surface area (Å²) in [4.78, 5) is 13.5. The lowest BCUT2D eigenvalue weighted by Gasteiger charge is -2.31. The second-order valence-electron chi connectivity index (χ2n) is 5.12. The predicted molar refractivity (Wildman–Crippen MR) is 75.2 cm³/mol. The molecule has 1 aliphatic heterocycles. The van der Waals surface area contributed by atoms with Gasteiger partial charge in [-0.1, -0.05) is 0 Å². The third-order valence-electron chi connectivity index (χ3n) is 3.48. The highest BCUT2D eigenvalue weighted by Crippen LogP contribution is 2.27. The molecule has 4 nitrogen and oxygen atoms in total. The molecule has 1 aromatic carbocycles. The molecule has 1 amide bonds. The van der Waals surface area contributed by atoms with Gasteiger partial charge in [0.2, 0.25) is 5.91 Å². The normalized spacial score (nSPS) is 18.3. The SMILES string of the molecule is CNc1ccc(F)c(NC(=O)CN2CCC(F)(F)CC2)c1. The number of rotatable bonds is 4. The van der Waals surface area contributed by atoms with E-state index in [0.29, 0.717) is 5.69 Å². The van der Waals surface area contributed by atoms with Crippen molar-refractivity contribution in [3.8, 4) is 0 Å². The molecule has 0 bridgehead atoms. The third-order valence-corrected chi connectivity index (χ3v) is 3.48. The first-order valence-corrected chi connectivity index (χ1v) is 6.77. The van der Waals surface area contributed by atoms with E-state index in [2.05, 4.69) is 10.6 Å². The summed E-state index contributed by atoms with van der Waals surface area (Å²) in [6.07, 6.45) is -0.492. The maximum atomic E-state index is 13.6. The fraction of sp³-hybridized carbons (Fsp3) is 0.500. The Morgan fingerprint density at radius 1 is 1.33 bits per heavy atom. The average Bonchev–Trinajstić information content (AvgIpc) is 2.43. The van der Waals surface area contributed by atoms with Crippen LogP contribution in [0.3, 0.4) is 0 Å². The Morgan fingerprint density at radius 3 is 2.62 bits per heavy atom. The van der Waals surface area contributed by atoms with E-state index in [4.69, 9.17) is 0 Å². The van der Waals surface area contributed by atoms with Crippen molar-refractivity contribution in [2.75, 3.05) is 37.3 Å². The van der Waals surface area contributed by atoms with Gasteiger partial charge in [-0.3, -0.25) is 9.69 Å². The summed E-state index contributed by atoms with van der Waals surface area (Å²) in [7, 11) is 1.69. The van der Waals surface area contributed by atoms with Gasteiger partial charge in [0.05, 0.1) is 12.2 Å². The van der Waals surface area contributed by atoms with Gasteiger partial charge >= 0.3 is 0 Å². The van der Waals surface area contributed by atoms with Gasteiger partial charge in [0.25, 0.3) is 5.92 Å². The number of carbonyl (C=O) groups is 1. The van der Waals surface area contributed by atoms with Crippen molar-refractivity contribution in [2.24, 2.45) is 0 Å². The second-order valence-corrected chi connectivity index (χ2v) is 5.12. The quantitative estimate of drug-likeness (QED) is 0.898. The number of likely N-dealkylation sites (tertiary alicyclic amines) is 1. The Hall–Kier alpha value is -1.76. The molecular weight excluding hydrogens is 283 g/mol. The fourth-order valence-corrected chi connectivity index (χ4v) is 2.21. The lowest BCUT2D eigenvalue weighted by molar-refractivity contribution is -0.119. The minimum Gasteiger partial charge on any atom is -0.388 e. The molecule has 116 valence electrons. The molecule has 1 saturated heterocycles. The molecule has 1 aliphatic rings. The van der Waals surface area contributed by atoms with E-state index < -0.39 is 17.6 Å². The van der Waals surface area contributed by atoms with Gasteiger partial charge in [-0.2, -0.15) is 0 Å². The third kappa shape index (κ3) is 4.35. The summed E-state index contributed by atoms with van der Waals surface area (Å²) < 4.78 is 39.6. The van der Waals surface area contributed by atoms with Gasteiger partial charge in [0, 0.05) is 38.7 Å². The van der Waals surface area contributed by atoms with Crippen molar-refractivity contribution in [1.29, 1.82) is 0 Å². The van der Waals surface area contributed by atoms with Crippen LogP contribution in [0, 0.1) is 5.82 Å². The van der Waals surface area contributed by atoms with Crippen LogP contribution in [0.25, 0.3) is 0 Å². The first-order chi connectivity index (χ1) is 9.89. The molecule has 0 atom stereocenters. The second kappa shape index (κ2) is 6.34. The Morgan fingerprint density at radius 2 is 2.00 bits per heavy atom. The van der Waals surface area contributed by atoms with Crippen molar-refractivity contribution >= 4 is 17.3 Å². The van der Waals surface area contributed by atoms with Gasteiger partial charge in [0.1, 0.15) is 5.82 Å². The Bertz CT molecular complexity index is 512. The number of amides is 1. The van der Waals surface area contributed by atoms with E-state index in [-0.39, 0.29) is 38.2 Å². The average molecular weight is 301 g/mol. The van der Waals surface area contributed by atoms with E-state index in [0.717, 1.165) is 0 Å². The summed E-state index contributed by atoms with van der Waals surface area (Å²) in [5, 5.41) is 5.32. The summed E-state index contributed by atoms with van der Waals surface area (Å²) in [6, 6.07) is 4.29. The number of anilines is 2. The van der Waals surface area contributed by atoms with Crippen LogP contribution in [-0.4, -0.2) is 43.4 Å². The maximum absolute atomic E-state index is 13.6. The molecule has 1 aromatic rings. The van der Waals surface area contributed by atoms with Gasteiger partial charge in [0.15, 0.2) is 0 Å². The smallest absolute Gasteiger partial charge is 0.250 e. The van der Waals surface area contributed by atoms with Crippen molar-refractivity contribution in [1.82, 2.24) is 4.90 Å². The predicted octanol–water partition coefficient (Wildman–Crippen LogP) is 2.54. The van der Waals surface area contributed by atoms with E-state index in [1.807, 2.05) is 0 Å². The zero-order valence-electron chi connectivity index (χ0n) is 11.8. The van der Waals surface area contributed by atoms with Gasteiger partial charge in [-0.05, 0) is 18.2 Å². The molecule has 0 radical (unpaired) electrons. The zero-order chi connectivity index (χ0) is 15.5. The minimum atomic E-state index is -2.64. The highest BCUT2D eigenvalue weighted by Gasteiger charge is 2.34. The molecule has 7 heteroatoms. The van der Waals surface area contributed by atoms with E-state index in [9.17, 15) is 18.0 Å². The van der Waals surface area contributed by atoms with Crippen molar-refractivity contribution in [2.45, 2.75) is 18.8 Å². The molecule has 0 aromatic heterocycles. The Balaban J connectivity index is 1.90. The molecule has 0 aliphatic carbocycles. The first kappa shape index (κ1) is 15.6. The number of piperidine rings is 1. The molecule has 1 heterocycles. The lowest BCUT2D eigenvalue weighted by Crippen LogP contribution is -2.43. The number of benzene rings is 1. The molecule has 0 unspecified atom stereocenters. The van der Waals surface area contributed by atoms with E-state index >= 15 is 0 Å². The number of carbonyl (C=O) groups excluding carboxylic acids is 1. The van der Waals surface area contributed by atoms with Crippen molar-refractivity contribution < 1.29 is 18.0 Å². The number of nitrogens with zero attached hydrogens (tertiary/aromatic N) is 1. The molecular formula is C14H18F3N3O. The number of halogens is 3. The summed E-state index contributed by atoms with van der Waals surface area (Å²) in [6.45, 7) is 0.318. The van der Waals surface area contributed by atoms with Crippen molar-refractivity contribution in [3.05, 3.63) is 24.0 Å². The highest BCUT2D eigenvalue weighted by molar-refractivity contribution is 5.92. The van der Waals surface area contributed by atoms with Crippen LogP contribution in [-0.2, 0) is 4.79 Å². The summed E-state index contributed by atoms with van der Waals surface area (Å²) in [5.41, 5.74) is 0.749. The Kier molecular flexibility index (Phi) is 4.72. The summed E-state index contributed by atoms with van der Waals surface area (Å²) in [5.74, 6) is -3.58. The number of hydrogen-bond acceptors (Lipinski definition) is 3. The number of hydrogen-bond donors (Lipinski definition) is 2. The van der Waals surface area contributed by atoms with Crippen LogP contribution in [0.4, 0.5) is 24.5 Å². The number of alkyl halides is 2. The van der Waals surface area contributed by atoms with Crippen LogP contribution in [0.15, 0.2) is 18.2 Å². The molecule has 0 spiro atoms. The largest absolute Gasteiger partial charge is 0.388 e.